The first kappa shape index (κ1) is 10.3. The first-order valence-electron chi connectivity index (χ1n) is 3.95. The summed E-state index contributed by atoms with van der Waals surface area (Å²) in [5.74, 6) is 0.465. The molecule has 6 heteroatoms. The SMILES string of the molecule is N/C(=N/O)c1ccc(OCCO)cn1. The number of hydrogen-bond donors (Lipinski definition) is 3. The molecule has 0 bridgehead atoms. The van der Waals surface area contributed by atoms with Gasteiger partial charge in [-0.15, -0.1) is 0 Å². The molecule has 0 radical (unpaired) electrons. The van der Waals surface area contributed by atoms with Gasteiger partial charge in [0.15, 0.2) is 5.84 Å². The van der Waals surface area contributed by atoms with Crippen molar-refractivity contribution in [2.75, 3.05) is 13.2 Å². The zero-order valence-corrected chi connectivity index (χ0v) is 7.42. The van der Waals surface area contributed by atoms with Crippen LogP contribution in [0.15, 0.2) is 23.5 Å². The second-order valence-corrected chi connectivity index (χ2v) is 2.44. The third-order valence-corrected chi connectivity index (χ3v) is 1.47. The Morgan fingerprint density at radius 3 is 2.86 bits per heavy atom. The number of nitrogens with zero attached hydrogens (tertiary/aromatic N) is 2. The minimum Gasteiger partial charge on any atom is -0.490 e. The van der Waals surface area contributed by atoms with Crippen LogP contribution in [0, 0.1) is 0 Å². The average molecular weight is 197 g/mol. The molecule has 76 valence electrons. The summed E-state index contributed by atoms with van der Waals surface area (Å²) in [6, 6.07) is 3.18. The summed E-state index contributed by atoms with van der Waals surface area (Å²) >= 11 is 0. The summed E-state index contributed by atoms with van der Waals surface area (Å²) in [6.45, 7) is 0.159. The van der Waals surface area contributed by atoms with Crippen LogP contribution < -0.4 is 10.5 Å². The Bertz CT molecular complexity index is 310. The van der Waals surface area contributed by atoms with Gasteiger partial charge in [0, 0.05) is 0 Å². The van der Waals surface area contributed by atoms with E-state index in [1.54, 1.807) is 12.1 Å². The summed E-state index contributed by atoms with van der Waals surface area (Å²) in [4.78, 5) is 3.88. The van der Waals surface area contributed by atoms with Gasteiger partial charge >= 0.3 is 0 Å². The van der Waals surface area contributed by atoms with E-state index in [-0.39, 0.29) is 19.0 Å². The van der Waals surface area contributed by atoms with E-state index in [1.165, 1.54) is 6.20 Å². The molecule has 0 unspecified atom stereocenters. The highest BCUT2D eigenvalue weighted by atomic mass is 16.5. The van der Waals surface area contributed by atoms with E-state index in [1.807, 2.05) is 0 Å². The van der Waals surface area contributed by atoms with E-state index in [4.69, 9.17) is 20.8 Å². The first-order valence-corrected chi connectivity index (χ1v) is 3.95. The van der Waals surface area contributed by atoms with Crippen molar-refractivity contribution in [3.05, 3.63) is 24.0 Å². The van der Waals surface area contributed by atoms with Gasteiger partial charge in [-0.2, -0.15) is 0 Å². The lowest BCUT2D eigenvalue weighted by Crippen LogP contribution is -2.14. The number of aliphatic hydroxyl groups is 1. The Kier molecular flexibility index (Phi) is 3.69. The van der Waals surface area contributed by atoms with E-state index in [9.17, 15) is 0 Å². The lowest BCUT2D eigenvalue weighted by atomic mass is 10.3. The molecule has 0 saturated heterocycles. The molecule has 1 aromatic rings. The van der Waals surface area contributed by atoms with Crippen LogP contribution in [0.2, 0.25) is 0 Å². The van der Waals surface area contributed by atoms with Gasteiger partial charge in [-0.3, -0.25) is 0 Å². The molecule has 1 rings (SSSR count). The average Bonchev–Trinajstić information content (AvgIpc) is 2.26. The molecular weight excluding hydrogens is 186 g/mol. The maximum atomic E-state index is 8.49. The number of ether oxygens (including phenoxy) is 1. The Labute approximate surface area is 80.6 Å². The van der Waals surface area contributed by atoms with E-state index in [0.717, 1.165) is 0 Å². The summed E-state index contributed by atoms with van der Waals surface area (Å²) in [5, 5.41) is 19.7. The fraction of sp³-hybridized carbons (Fsp3) is 0.250. The minimum atomic E-state index is -0.0568. The quantitative estimate of drug-likeness (QED) is 0.262. The van der Waals surface area contributed by atoms with Crippen LogP contribution in [-0.4, -0.2) is 34.3 Å². The molecule has 0 aliphatic rings. The molecule has 0 spiro atoms. The smallest absolute Gasteiger partial charge is 0.188 e. The molecule has 0 fully saturated rings. The van der Waals surface area contributed by atoms with Crippen LogP contribution in [0.3, 0.4) is 0 Å². The highest BCUT2D eigenvalue weighted by molar-refractivity contribution is 5.95. The lowest BCUT2D eigenvalue weighted by molar-refractivity contribution is 0.201. The van der Waals surface area contributed by atoms with Crippen molar-refractivity contribution in [1.82, 2.24) is 4.98 Å². The Morgan fingerprint density at radius 2 is 2.36 bits per heavy atom. The van der Waals surface area contributed by atoms with E-state index in [2.05, 4.69) is 10.1 Å². The molecule has 1 heterocycles. The monoisotopic (exact) mass is 197 g/mol. The maximum Gasteiger partial charge on any atom is 0.188 e. The zero-order valence-electron chi connectivity index (χ0n) is 7.42. The van der Waals surface area contributed by atoms with Gasteiger partial charge in [0.2, 0.25) is 0 Å². The molecule has 4 N–H and O–H groups in total. The molecule has 6 nitrogen and oxygen atoms in total. The van der Waals surface area contributed by atoms with Crippen molar-refractivity contribution in [2.45, 2.75) is 0 Å². The lowest BCUT2D eigenvalue weighted by Gasteiger charge is -2.03. The second kappa shape index (κ2) is 5.03. The van der Waals surface area contributed by atoms with E-state index < -0.39 is 0 Å². The van der Waals surface area contributed by atoms with Gasteiger partial charge in [0.05, 0.1) is 12.8 Å². The Balaban J connectivity index is 2.68. The summed E-state index contributed by atoms with van der Waals surface area (Å²) in [7, 11) is 0. The van der Waals surface area contributed by atoms with Crippen LogP contribution in [0.5, 0.6) is 5.75 Å². The third-order valence-electron chi connectivity index (χ3n) is 1.47. The standard InChI is InChI=1S/C8H11N3O3/c9-8(11-13)7-2-1-6(5-10-7)14-4-3-12/h1-2,5,12-13H,3-4H2,(H2,9,11). The summed E-state index contributed by atoms with van der Waals surface area (Å²) < 4.78 is 5.07. The Morgan fingerprint density at radius 1 is 1.57 bits per heavy atom. The topological polar surface area (TPSA) is 101 Å². The number of pyridine rings is 1. The van der Waals surface area contributed by atoms with Gasteiger partial charge in [-0.1, -0.05) is 5.16 Å². The van der Waals surface area contributed by atoms with Crippen molar-refractivity contribution in [1.29, 1.82) is 0 Å². The van der Waals surface area contributed by atoms with Gasteiger partial charge < -0.3 is 20.8 Å². The number of rotatable bonds is 4. The summed E-state index contributed by atoms with van der Waals surface area (Å²) in [5.41, 5.74) is 5.67. The van der Waals surface area contributed by atoms with Crippen molar-refractivity contribution in [3.8, 4) is 5.75 Å². The molecule has 0 atom stereocenters. The Hall–Kier alpha value is -1.82. The number of amidine groups is 1. The molecule has 0 aliphatic carbocycles. The highest BCUT2D eigenvalue weighted by Crippen LogP contribution is 2.08. The van der Waals surface area contributed by atoms with E-state index >= 15 is 0 Å². The molecule has 0 aromatic carbocycles. The first-order chi connectivity index (χ1) is 6.77. The molecular formula is C8H11N3O3. The molecule has 1 aromatic heterocycles. The highest BCUT2D eigenvalue weighted by Gasteiger charge is 2.00. The number of nitrogens with two attached hydrogens (primary N) is 1. The van der Waals surface area contributed by atoms with Crippen molar-refractivity contribution >= 4 is 5.84 Å². The second-order valence-electron chi connectivity index (χ2n) is 2.44. The van der Waals surface area contributed by atoms with Crippen molar-refractivity contribution < 1.29 is 15.1 Å². The van der Waals surface area contributed by atoms with Gasteiger partial charge in [0.25, 0.3) is 0 Å². The van der Waals surface area contributed by atoms with Crippen LogP contribution in [-0.2, 0) is 0 Å². The predicted molar refractivity (Wildman–Crippen MR) is 49.3 cm³/mol. The molecule has 0 saturated carbocycles. The number of aromatic nitrogens is 1. The van der Waals surface area contributed by atoms with Crippen molar-refractivity contribution in [3.63, 3.8) is 0 Å². The predicted octanol–water partition coefficient (Wildman–Crippen LogP) is -0.453. The molecule has 0 aliphatic heterocycles. The van der Waals surface area contributed by atoms with Crippen LogP contribution in [0.1, 0.15) is 5.69 Å². The van der Waals surface area contributed by atoms with Crippen LogP contribution in [0.25, 0.3) is 0 Å². The van der Waals surface area contributed by atoms with Crippen LogP contribution in [0.4, 0.5) is 0 Å². The number of oxime groups is 1. The summed E-state index contributed by atoms with van der Waals surface area (Å²) in [6.07, 6.45) is 1.43. The number of hydrogen-bond acceptors (Lipinski definition) is 5. The number of aliphatic hydroxyl groups excluding tert-OH is 1. The largest absolute Gasteiger partial charge is 0.490 e. The fourth-order valence-electron chi connectivity index (χ4n) is 0.832. The maximum absolute atomic E-state index is 8.49. The van der Waals surface area contributed by atoms with Crippen molar-refractivity contribution in [2.24, 2.45) is 10.9 Å². The van der Waals surface area contributed by atoms with Gasteiger partial charge in [-0.05, 0) is 12.1 Å². The van der Waals surface area contributed by atoms with Gasteiger partial charge in [0.1, 0.15) is 18.1 Å². The fourth-order valence-corrected chi connectivity index (χ4v) is 0.832. The van der Waals surface area contributed by atoms with Gasteiger partial charge in [-0.25, -0.2) is 4.98 Å². The minimum absolute atomic E-state index is 0.0536. The molecule has 14 heavy (non-hydrogen) atoms. The van der Waals surface area contributed by atoms with E-state index in [0.29, 0.717) is 11.4 Å². The normalized spacial score (nSPS) is 11.4. The zero-order chi connectivity index (χ0) is 10.4. The third kappa shape index (κ3) is 2.60. The molecule has 0 amide bonds. The van der Waals surface area contributed by atoms with Crippen LogP contribution >= 0.6 is 0 Å².